The predicted octanol–water partition coefficient (Wildman–Crippen LogP) is 3.38. The SMILES string of the molecule is O=[N+]([O-])c1ccc(C#CCCBr)c(Cl)c1. The summed E-state index contributed by atoms with van der Waals surface area (Å²) in [6.07, 6.45) is 0.716. The van der Waals surface area contributed by atoms with E-state index in [2.05, 4.69) is 27.8 Å². The summed E-state index contributed by atoms with van der Waals surface area (Å²) < 4.78 is 0. The minimum absolute atomic E-state index is 0.0222. The van der Waals surface area contributed by atoms with Crippen LogP contribution in [0.5, 0.6) is 0 Å². The van der Waals surface area contributed by atoms with Crippen molar-refractivity contribution in [1.82, 2.24) is 0 Å². The molecule has 0 spiro atoms. The lowest BCUT2D eigenvalue weighted by molar-refractivity contribution is -0.384. The van der Waals surface area contributed by atoms with Crippen molar-refractivity contribution < 1.29 is 4.92 Å². The van der Waals surface area contributed by atoms with Gasteiger partial charge in [0.2, 0.25) is 0 Å². The van der Waals surface area contributed by atoms with Gasteiger partial charge in [0.05, 0.1) is 9.95 Å². The summed E-state index contributed by atoms with van der Waals surface area (Å²) in [6.45, 7) is 0. The van der Waals surface area contributed by atoms with Crippen molar-refractivity contribution in [3.8, 4) is 11.8 Å². The van der Waals surface area contributed by atoms with Gasteiger partial charge in [0, 0.05) is 29.4 Å². The quantitative estimate of drug-likeness (QED) is 0.362. The molecule has 15 heavy (non-hydrogen) atoms. The Balaban J connectivity index is 2.95. The lowest BCUT2D eigenvalue weighted by Gasteiger charge is -1.95. The molecule has 0 aliphatic rings. The van der Waals surface area contributed by atoms with Crippen LogP contribution in [0.1, 0.15) is 12.0 Å². The number of rotatable bonds is 2. The summed E-state index contributed by atoms with van der Waals surface area (Å²) in [5.41, 5.74) is 0.592. The number of hydrogen-bond acceptors (Lipinski definition) is 2. The normalized spacial score (nSPS) is 9.20. The molecule has 1 aromatic carbocycles. The highest BCUT2D eigenvalue weighted by atomic mass is 79.9. The monoisotopic (exact) mass is 287 g/mol. The van der Waals surface area contributed by atoms with Crippen LogP contribution in [-0.2, 0) is 0 Å². The van der Waals surface area contributed by atoms with Crippen LogP contribution in [0.15, 0.2) is 18.2 Å². The van der Waals surface area contributed by atoms with Gasteiger partial charge in [0.15, 0.2) is 0 Å². The molecule has 0 atom stereocenters. The standard InChI is InChI=1S/C10H7BrClNO2/c11-6-2-1-3-8-4-5-9(13(14)15)7-10(8)12/h4-5,7H,2,6H2. The number of alkyl halides is 1. The summed E-state index contributed by atoms with van der Waals surface area (Å²) in [7, 11) is 0. The third kappa shape index (κ3) is 3.54. The summed E-state index contributed by atoms with van der Waals surface area (Å²) in [5, 5.41) is 11.5. The molecular formula is C10H7BrClNO2. The van der Waals surface area contributed by atoms with E-state index in [9.17, 15) is 10.1 Å². The van der Waals surface area contributed by atoms with Crippen molar-refractivity contribution >= 4 is 33.2 Å². The minimum atomic E-state index is -0.485. The van der Waals surface area contributed by atoms with Crippen LogP contribution in [-0.4, -0.2) is 10.3 Å². The van der Waals surface area contributed by atoms with E-state index in [1.54, 1.807) is 6.07 Å². The Labute approximate surface area is 101 Å². The second-order valence-electron chi connectivity index (χ2n) is 2.66. The van der Waals surface area contributed by atoms with Gasteiger partial charge in [-0.05, 0) is 6.07 Å². The molecule has 0 aliphatic heterocycles. The van der Waals surface area contributed by atoms with Crippen molar-refractivity contribution in [1.29, 1.82) is 0 Å². The Morgan fingerprint density at radius 3 is 2.80 bits per heavy atom. The first-order chi connectivity index (χ1) is 7.15. The first kappa shape index (κ1) is 12.0. The number of benzene rings is 1. The molecule has 0 fully saturated rings. The number of nitro benzene ring substituents is 1. The first-order valence-electron chi connectivity index (χ1n) is 4.14. The molecule has 0 N–H and O–H groups in total. The molecule has 0 amide bonds. The van der Waals surface area contributed by atoms with E-state index in [1.165, 1.54) is 12.1 Å². The average molecular weight is 289 g/mol. The van der Waals surface area contributed by atoms with Crippen molar-refractivity contribution in [2.24, 2.45) is 0 Å². The molecule has 0 saturated carbocycles. The Hall–Kier alpha value is -1.05. The largest absolute Gasteiger partial charge is 0.271 e. The van der Waals surface area contributed by atoms with E-state index in [0.29, 0.717) is 17.0 Å². The van der Waals surface area contributed by atoms with Gasteiger partial charge in [-0.3, -0.25) is 10.1 Å². The van der Waals surface area contributed by atoms with Crippen LogP contribution >= 0.6 is 27.5 Å². The predicted molar refractivity (Wildman–Crippen MR) is 63.4 cm³/mol. The van der Waals surface area contributed by atoms with Gasteiger partial charge >= 0.3 is 0 Å². The van der Waals surface area contributed by atoms with E-state index >= 15 is 0 Å². The number of non-ortho nitro benzene ring substituents is 1. The molecule has 0 heterocycles. The van der Waals surface area contributed by atoms with Gasteiger partial charge in [0.1, 0.15) is 0 Å². The Bertz CT molecular complexity index is 437. The van der Waals surface area contributed by atoms with Gasteiger partial charge in [0.25, 0.3) is 5.69 Å². The van der Waals surface area contributed by atoms with E-state index < -0.39 is 4.92 Å². The number of nitro groups is 1. The van der Waals surface area contributed by atoms with Gasteiger partial charge in [-0.15, -0.1) is 0 Å². The zero-order chi connectivity index (χ0) is 11.3. The maximum Gasteiger partial charge on any atom is 0.271 e. The zero-order valence-corrected chi connectivity index (χ0v) is 10.0. The van der Waals surface area contributed by atoms with E-state index in [-0.39, 0.29) is 5.69 Å². The van der Waals surface area contributed by atoms with Gasteiger partial charge in [-0.25, -0.2) is 0 Å². The second-order valence-corrected chi connectivity index (χ2v) is 3.86. The van der Waals surface area contributed by atoms with Crippen molar-refractivity contribution in [3.05, 3.63) is 38.9 Å². The third-order valence-electron chi connectivity index (χ3n) is 1.61. The number of nitrogens with zero attached hydrogens (tertiary/aromatic N) is 1. The highest BCUT2D eigenvalue weighted by molar-refractivity contribution is 9.09. The smallest absolute Gasteiger partial charge is 0.258 e. The molecule has 0 radical (unpaired) electrons. The van der Waals surface area contributed by atoms with Gasteiger partial charge < -0.3 is 0 Å². The first-order valence-corrected chi connectivity index (χ1v) is 5.64. The molecule has 1 aromatic rings. The number of hydrogen-bond donors (Lipinski definition) is 0. The summed E-state index contributed by atoms with van der Waals surface area (Å²) in [6, 6.07) is 4.26. The average Bonchev–Trinajstić information content (AvgIpc) is 2.20. The molecule has 5 heteroatoms. The summed E-state index contributed by atoms with van der Waals surface area (Å²) in [5.74, 6) is 5.74. The molecule has 0 unspecified atom stereocenters. The van der Waals surface area contributed by atoms with Crippen LogP contribution in [0.2, 0.25) is 5.02 Å². The summed E-state index contributed by atoms with van der Waals surface area (Å²) in [4.78, 5) is 9.94. The maximum atomic E-state index is 10.4. The van der Waals surface area contributed by atoms with E-state index in [1.807, 2.05) is 0 Å². The Kier molecular flexibility index (Phi) is 4.60. The Morgan fingerprint density at radius 1 is 1.53 bits per heavy atom. The van der Waals surface area contributed by atoms with Crippen molar-refractivity contribution in [2.75, 3.05) is 5.33 Å². The molecule has 0 aromatic heterocycles. The van der Waals surface area contributed by atoms with Crippen LogP contribution < -0.4 is 0 Å². The lowest BCUT2D eigenvalue weighted by atomic mass is 10.2. The topological polar surface area (TPSA) is 43.1 Å². The third-order valence-corrected chi connectivity index (χ3v) is 2.32. The second kappa shape index (κ2) is 5.74. The molecule has 78 valence electrons. The van der Waals surface area contributed by atoms with E-state index in [0.717, 1.165) is 5.33 Å². The fourth-order valence-electron chi connectivity index (χ4n) is 0.924. The number of halogens is 2. The van der Waals surface area contributed by atoms with Crippen LogP contribution in [0.4, 0.5) is 5.69 Å². The highest BCUT2D eigenvalue weighted by Gasteiger charge is 2.07. The van der Waals surface area contributed by atoms with Crippen molar-refractivity contribution in [2.45, 2.75) is 6.42 Å². The van der Waals surface area contributed by atoms with Gasteiger partial charge in [-0.2, -0.15) is 0 Å². The zero-order valence-electron chi connectivity index (χ0n) is 7.67. The highest BCUT2D eigenvalue weighted by Crippen LogP contribution is 2.21. The maximum absolute atomic E-state index is 10.4. The molecule has 3 nitrogen and oxygen atoms in total. The van der Waals surface area contributed by atoms with Crippen molar-refractivity contribution in [3.63, 3.8) is 0 Å². The molecule has 1 rings (SSSR count). The van der Waals surface area contributed by atoms with Crippen LogP contribution in [0, 0.1) is 22.0 Å². The fourth-order valence-corrected chi connectivity index (χ4v) is 1.34. The fraction of sp³-hybridized carbons (Fsp3) is 0.200. The molecule has 0 saturated heterocycles. The minimum Gasteiger partial charge on any atom is -0.258 e. The lowest BCUT2D eigenvalue weighted by Crippen LogP contribution is -1.88. The summed E-state index contributed by atoms with van der Waals surface area (Å²) >= 11 is 9.08. The molecule has 0 bridgehead atoms. The van der Waals surface area contributed by atoms with Crippen LogP contribution in [0.25, 0.3) is 0 Å². The molecular weight excluding hydrogens is 281 g/mol. The van der Waals surface area contributed by atoms with E-state index in [4.69, 9.17) is 11.6 Å². The van der Waals surface area contributed by atoms with Gasteiger partial charge in [-0.1, -0.05) is 39.4 Å². The molecule has 0 aliphatic carbocycles. The van der Waals surface area contributed by atoms with Crippen LogP contribution in [0.3, 0.4) is 0 Å². The Morgan fingerprint density at radius 2 is 2.27 bits per heavy atom.